The Labute approximate surface area is 189 Å². The Hall–Kier alpha value is -4.79. The summed E-state index contributed by atoms with van der Waals surface area (Å²) in [5.41, 5.74) is 3.71. The molecule has 0 saturated carbocycles. The molecule has 1 amide bonds. The van der Waals surface area contributed by atoms with Crippen LogP contribution in [0.5, 0.6) is 0 Å². The summed E-state index contributed by atoms with van der Waals surface area (Å²) >= 11 is 0. The molecule has 0 bridgehead atoms. The molecule has 0 spiro atoms. The highest BCUT2D eigenvalue weighted by atomic mass is 16.1. The maximum Gasteiger partial charge on any atom is 0.259 e. The van der Waals surface area contributed by atoms with Gasteiger partial charge in [0.25, 0.3) is 5.91 Å². The van der Waals surface area contributed by atoms with Crippen LogP contribution in [0.3, 0.4) is 0 Å². The highest BCUT2D eigenvalue weighted by Crippen LogP contribution is 2.20. The van der Waals surface area contributed by atoms with Gasteiger partial charge in [0.2, 0.25) is 0 Å². The smallest absolute Gasteiger partial charge is 0.259 e. The standard InChI is InChI=1S/C24H20N8O/c1-17-21(14-28-32(17)20-5-3-2-4-6-20)24(33)30-19-9-7-18(8-10-19)29-22-13-23(27-15-26-22)31-12-11-25-16-31/h2-16H,1H3,(H,30,33)(H,26,27,29). The highest BCUT2D eigenvalue weighted by molar-refractivity contribution is 6.05. The van der Waals surface area contributed by atoms with Gasteiger partial charge in [-0.1, -0.05) is 18.2 Å². The van der Waals surface area contributed by atoms with Crippen molar-refractivity contribution < 1.29 is 4.79 Å². The lowest BCUT2D eigenvalue weighted by atomic mass is 10.2. The number of rotatable bonds is 6. The molecule has 0 fully saturated rings. The van der Waals surface area contributed by atoms with Crippen LogP contribution in [-0.4, -0.2) is 35.2 Å². The van der Waals surface area contributed by atoms with Gasteiger partial charge >= 0.3 is 0 Å². The predicted octanol–water partition coefficient (Wildman–Crippen LogP) is 4.15. The number of carbonyl (C=O) groups excluding carboxylic acids is 1. The second-order valence-corrected chi connectivity index (χ2v) is 7.28. The molecule has 0 unspecified atom stereocenters. The summed E-state index contributed by atoms with van der Waals surface area (Å²) in [6.45, 7) is 1.88. The molecule has 33 heavy (non-hydrogen) atoms. The van der Waals surface area contributed by atoms with Gasteiger partial charge in [-0.25, -0.2) is 19.6 Å². The van der Waals surface area contributed by atoms with Crippen LogP contribution in [0.2, 0.25) is 0 Å². The Morgan fingerprint density at radius 2 is 1.76 bits per heavy atom. The van der Waals surface area contributed by atoms with E-state index in [0.29, 0.717) is 22.9 Å². The van der Waals surface area contributed by atoms with Gasteiger partial charge < -0.3 is 10.6 Å². The molecule has 5 rings (SSSR count). The van der Waals surface area contributed by atoms with Crippen molar-refractivity contribution in [2.75, 3.05) is 10.6 Å². The van der Waals surface area contributed by atoms with E-state index in [0.717, 1.165) is 17.1 Å². The number of nitrogens with one attached hydrogen (secondary N) is 2. The van der Waals surface area contributed by atoms with E-state index in [-0.39, 0.29) is 5.91 Å². The van der Waals surface area contributed by atoms with Crippen LogP contribution in [-0.2, 0) is 0 Å². The molecule has 0 saturated heterocycles. The van der Waals surface area contributed by atoms with Gasteiger partial charge in [0, 0.05) is 29.8 Å². The fourth-order valence-electron chi connectivity index (χ4n) is 3.40. The average Bonchev–Trinajstić information content (AvgIpc) is 3.51. The maximum atomic E-state index is 12.8. The monoisotopic (exact) mass is 436 g/mol. The van der Waals surface area contributed by atoms with E-state index in [1.165, 1.54) is 6.33 Å². The van der Waals surface area contributed by atoms with E-state index in [2.05, 4.69) is 30.7 Å². The molecular formula is C24H20N8O. The zero-order valence-corrected chi connectivity index (χ0v) is 17.8. The number of hydrogen-bond donors (Lipinski definition) is 2. The van der Waals surface area contributed by atoms with Gasteiger partial charge in [0.15, 0.2) is 0 Å². The summed E-state index contributed by atoms with van der Waals surface area (Å²) in [6, 6.07) is 18.9. The third-order valence-corrected chi connectivity index (χ3v) is 5.09. The SMILES string of the molecule is Cc1c(C(=O)Nc2ccc(Nc3cc(-n4ccnc4)ncn3)cc2)cnn1-c1ccccc1. The summed E-state index contributed by atoms with van der Waals surface area (Å²) in [7, 11) is 0. The Morgan fingerprint density at radius 3 is 2.52 bits per heavy atom. The second-order valence-electron chi connectivity index (χ2n) is 7.28. The molecule has 9 heteroatoms. The Morgan fingerprint density at radius 1 is 0.970 bits per heavy atom. The van der Waals surface area contributed by atoms with Crippen molar-refractivity contribution in [3.8, 4) is 11.5 Å². The number of aromatic nitrogens is 6. The van der Waals surface area contributed by atoms with Gasteiger partial charge in [-0.15, -0.1) is 0 Å². The first kappa shape index (κ1) is 20.1. The minimum atomic E-state index is -0.212. The molecule has 5 aromatic rings. The van der Waals surface area contributed by atoms with Crippen molar-refractivity contribution in [3.05, 3.63) is 103 Å². The number of amides is 1. The lowest BCUT2D eigenvalue weighted by molar-refractivity contribution is 0.102. The van der Waals surface area contributed by atoms with Crippen molar-refractivity contribution in [2.45, 2.75) is 6.92 Å². The van der Waals surface area contributed by atoms with E-state index >= 15 is 0 Å². The molecule has 0 aliphatic rings. The van der Waals surface area contributed by atoms with Crippen LogP contribution < -0.4 is 10.6 Å². The summed E-state index contributed by atoms with van der Waals surface area (Å²) in [5.74, 6) is 1.14. The zero-order chi connectivity index (χ0) is 22.6. The normalized spacial score (nSPS) is 10.7. The van der Waals surface area contributed by atoms with Crippen LogP contribution in [0, 0.1) is 6.92 Å². The van der Waals surface area contributed by atoms with Crippen molar-refractivity contribution >= 4 is 23.1 Å². The van der Waals surface area contributed by atoms with Crippen molar-refractivity contribution in [1.29, 1.82) is 0 Å². The summed E-state index contributed by atoms with van der Waals surface area (Å²) < 4.78 is 3.55. The van der Waals surface area contributed by atoms with Crippen molar-refractivity contribution in [1.82, 2.24) is 29.3 Å². The summed E-state index contributed by atoms with van der Waals surface area (Å²) in [4.78, 5) is 25.3. The van der Waals surface area contributed by atoms with Gasteiger partial charge in [-0.3, -0.25) is 9.36 Å². The predicted molar refractivity (Wildman–Crippen MR) is 125 cm³/mol. The Kier molecular flexibility index (Phi) is 5.34. The molecule has 9 nitrogen and oxygen atoms in total. The molecule has 3 heterocycles. The number of anilines is 3. The third kappa shape index (κ3) is 4.33. The summed E-state index contributed by atoms with van der Waals surface area (Å²) in [6.07, 6.45) is 8.25. The van der Waals surface area contributed by atoms with E-state index in [9.17, 15) is 4.79 Å². The number of carbonyl (C=O) groups is 1. The number of para-hydroxylation sites is 1. The Bertz CT molecular complexity index is 1380. The zero-order valence-electron chi connectivity index (χ0n) is 17.8. The summed E-state index contributed by atoms with van der Waals surface area (Å²) in [5, 5.41) is 10.5. The lowest BCUT2D eigenvalue weighted by Crippen LogP contribution is -2.13. The van der Waals surface area contributed by atoms with Gasteiger partial charge in [0.05, 0.1) is 23.1 Å². The van der Waals surface area contributed by atoms with Crippen LogP contribution in [0.4, 0.5) is 17.2 Å². The van der Waals surface area contributed by atoms with Gasteiger partial charge in [0.1, 0.15) is 24.3 Å². The molecule has 2 aromatic carbocycles. The van der Waals surface area contributed by atoms with Crippen molar-refractivity contribution in [2.24, 2.45) is 0 Å². The number of benzene rings is 2. The number of imidazole rings is 1. The quantitative estimate of drug-likeness (QED) is 0.415. The number of hydrogen-bond acceptors (Lipinski definition) is 6. The minimum Gasteiger partial charge on any atom is -0.340 e. The minimum absolute atomic E-state index is 0.212. The van der Waals surface area contributed by atoms with E-state index in [4.69, 9.17) is 0 Å². The molecule has 0 radical (unpaired) electrons. The fraction of sp³-hybridized carbons (Fsp3) is 0.0417. The average molecular weight is 436 g/mol. The molecule has 3 aromatic heterocycles. The molecule has 0 atom stereocenters. The largest absolute Gasteiger partial charge is 0.340 e. The van der Waals surface area contributed by atoms with Gasteiger partial charge in [-0.05, 0) is 43.3 Å². The van der Waals surface area contributed by atoms with Crippen molar-refractivity contribution in [3.63, 3.8) is 0 Å². The van der Waals surface area contributed by atoms with Crippen LogP contribution in [0.1, 0.15) is 16.1 Å². The van der Waals surface area contributed by atoms with Crippen LogP contribution in [0.25, 0.3) is 11.5 Å². The highest BCUT2D eigenvalue weighted by Gasteiger charge is 2.15. The van der Waals surface area contributed by atoms with E-state index < -0.39 is 0 Å². The molecule has 0 aliphatic heterocycles. The topological polar surface area (TPSA) is 103 Å². The van der Waals surface area contributed by atoms with E-state index in [1.807, 2.05) is 73.8 Å². The van der Waals surface area contributed by atoms with Crippen LogP contribution in [0.15, 0.2) is 91.9 Å². The molecule has 0 aliphatic carbocycles. The first-order chi connectivity index (χ1) is 16.2. The maximum absolute atomic E-state index is 12.8. The van der Waals surface area contributed by atoms with Gasteiger partial charge in [-0.2, -0.15) is 5.10 Å². The fourth-order valence-corrected chi connectivity index (χ4v) is 3.40. The Balaban J connectivity index is 1.27. The third-order valence-electron chi connectivity index (χ3n) is 5.09. The number of nitrogens with zero attached hydrogens (tertiary/aromatic N) is 6. The first-order valence-corrected chi connectivity index (χ1v) is 10.3. The second kappa shape index (κ2) is 8.75. The molecule has 2 N–H and O–H groups in total. The lowest BCUT2D eigenvalue weighted by Gasteiger charge is -2.09. The van der Waals surface area contributed by atoms with Crippen LogP contribution >= 0.6 is 0 Å². The van der Waals surface area contributed by atoms with E-state index in [1.54, 1.807) is 28.0 Å². The molecular weight excluding hydrogens is 416 g/mol. The first-order valence-electron chi connectivity index (χ1n) is 10.3. The molecule has 162 valence electrons.